The van der Waals surface area contributed by atoms with E-state index >= 15 is 0 Å². The number of nitrogens with one attached hydrogen (secondary N) is 1. The molecule has 2 aromatic rings. The van der Waals surface area contributed by atoms with Crippen molar-refractivity contribution >= 4 is 44.6 Å². The summed E-state index contributed by atoms with van der Waals surface area (Å²) in [6, 6.07) is 4.17. The Bertz CT molecular complexity index is 796. The molecule has 1 aromatic heterocycles. The van der Waals surface area contributed by atoms with E-state index in [-0.39, 0.29) is 22.6 Å². The van der Waals surface area contributed by atoms with Gasteiger partial charge in [-0.3, -0.25) is 10.2 Å². The number of thiazole rings is 1. The number of hydrogen-bond donors (Lipinski definition) is 1. The molecule has 0 amide bonds. The molecule has 26 heavy (non-hydrogen) atoms. The fourth-order valence-corrected chi connectivity index (χ4v) is 2.75. The number of rotatable bonds is 7. The van der Waals surface area contributed by atoms with Crippen LogP contribution in [0.4, 0.5) is 18.3 Å². The molecule has 0 saturated heterocycles. The molecule has 1 heterocycles. The zero-order chi connectivity index (χ0) is 19.2. The zero-order valence-corrected chi connectivity index (χ0v) is 15.7. The van der Waals surface area contributed by atoms with Crippen molar-refractivity contribution in [3.63, 3.8) is 0 Å². The topological polar surface area (TPSA) is 72.8 Å². The first-order chi connectivity index (χ1) is 12.3. The largest absolute Gasteiger partial charge is 0.573 e. The van der Waals surface area contributed by atoms with E-state index in [1.165, 1.54) is 29.7 Å². The minimum absolute atomic E-state index is 0.0561. The van der Waals surface area contributed by atoms with Crippen LogP contribution in [-0.4, -0.2) is 30.1 Å². The Morgan fingerprint density at radius 1 is 1.46 bits per heavy atom. The number of carbonyl (C=O) groups excluding carboxylic acids is 1. The highest BCUT2D eigenvalue weighted by Crippen LogP contribution is 2.30. The number of carbonyl (C=O) groups is 1. The third kappa shape index (κ3) is 6.64. The summed E-state index contributed by atoms with van der Waals surface area (Å²) in [6.45, 7) is 2.01. The van der Waals surface area contributed by atoms with Crippen LogP contribution in [0.15, 0.2) is 33.2 Å². The number of anilines is 1. The van der Waals surface area contributed by atoms with Gasteiger partial charge in [-0.2, -0.15) is 5.10 Å². The first kappa shape index (κ1) is 20.2. The smallest absolute Gasteiger partial charge is 0.466 e. The molecule has 140 valence electrons. The molecule has 0 aliphatic rings. The van der Waals surface area contributed by atoms with Crippen LogP contribution in [0.3, 0.4) is 0 Å². The summed E-state index contributed by atoms with van der Waals surface area (Å²) in [5.74, 6) is -0.743. The molecule has 11 heteroatoms. The van der Waals surface area contributed by atoms with Gasteiger partial charge in [0.1, 0.15) is 5.75 Å². The second-order valence-corrected chi connectivity index (χ2v) is 6.45. The summed E-state index contributed by atoms with van der Waals surface area (Å²) >= 11 is 4.22. The lowest BCUT2D eigenvalue weighted by Crippen LogP contribution is -2.17. The molecule has 6 nitrogen and oxygen atoms in total. The molecule has 0 saturated carbocycles. The highest BCUT2D eigenvalue weighted by Gasteiger charge is 2.32. The fraction of sp³-hybridized carbons (Fsp3) is 0.267. The Kier molecular flexibility index (Phi) is 6.98. The van der Waals surface area contributed by atoms with Gasteiger partial charge in [0.05, 0.1) is 29.4 Å². The summed E-state index contributed by atoms with van der Waals surface area (Å²) in [5, 5.41) is 6.03. The maximum absolute atomic E-state index is 12.3. The van der Waals surface area contributed by atoms with E-state index in [1.807, 2.05) is 0 Å². The number of ether oxygens (including phenoxy) is 2. The molecule has 1 N–H and O–H groups in total. The van der Waals surface area contributed by atoms with E-state index in [9.17, 15) is 18.0 Å². The lowest BCUT2D eigenvalue weighted by atomic mass is 10.2. The van der Waals surface area contributed by atoms with E-state index in [2.05, 4.69) is 36.2 Å². The molecule has 0 bridgehead atoms. The monoisotopic (exact) mass is 451 g/mol. The van der Waals surface area contributed by atoms with Crippen molar-refractivity contribution in [2.24, 2.45) is 5.10 Å². The van der Waals surface area contributed by atoms with Crippen molar-refractivity contribution < 1.29 is 27.4 Å². The minimum atomic E-state index is -4.78. The van der Waals surface area contributed by atoms with Gasteiger partial charge in [0.2, 0.25) is 5.13 Å². The van der Waals surface area contributed by atoms with Gasteiger partial charge >= 0.3 is 12.3 Å². The van der Waals surface area contributed by atoms with Gasteiger partial charge in [-0.1, -0.05) is 6.07 Å². The van der Waals surface area contributed by atoms with Gasteiger partial charge in [0, 0.05) is 5.38 Å². The van der Waals surface area contributed by atoms with E-state index in [0.717, 1.165) is 0 Å². The maximum Gasteiger partial charge on any atom is 0.573 e. The van der Waals surface area contributed by atoms with Crippen LogP contribution in [0.2, 0.25) is 0 Å². The second kappa shape index (κ2) is 8.99. The number of halogens is 4. The van der Waals surface area contributed by atoms with Crippen LogP contribution < -0.4 is 10.2 Å². The van der Waals surface area contributed by atoms with E-state index in [4.69, 9.17) is 4.74 Å². The number of benzene rings is 1. The maximum atomic E-state index is 12.3. The second-order valence-electron chi connectivity index (χ2n) is 4.73. The molecular weight excluding hydrogens is 439 g/mol. The summed E-state index contributed by atoms with van der Waals surface area (Å²) in [6.07, 6.45) is -3.41. The third-order valence-electron chi connectivity index (χ3n) is 2.74. The summed E-state index contributed by atoms with van der Waals surface area (Å²) < 4.78 is 45.9. The van der Waals surface area contributed by atoms with Gasteiger partial charge in [0.15, 0.2) is 0 Å². The Morgan fingerprint density at radius 2 is 2.23 bits per heavy atom. The predicted molar refractivity (Wildman–Crippen MR) is 94.5 cm³/mol. The Morgan fingerprint density at radius 3 is 2.92 bits per heavy atom. The highest BCUT2D eigenvalue weighted by atomic mass is 79.9. The van der Waals surface area contributed by atoms with Crippen molar-refractivity contribution in [2.75, 3.05) is 12.0 Å². The molecule has 0 aliphatic carbocycles. The van der Waals surface area contributed by atoms with Crippen LogP contribution in [0.25, 0.3) is 0 Å². The number of hydrogen-bond acceptors (Lipinski definition) is 7. The van der Waals surface area contributed by atoms with Crippen LogP contribution >= 0.6 is 27.3 Å². The Labute approximate surface area is 159 Å². The van der Waals surface area contributed by atoms with E-state index in [1.54, 1.807) is 18.4 Å². The van der Waals surface area contributed by atoms with Crippen molar-refractivity contribution in [1.29, 1.82) is 0 Å². The number of esters is 1. The lowest BCUT2D eigenvalue weighted by Gasteiger charge is -2.10. The lowest BCUT2D eigenvalue weighted by molar-refractivity contribution is -0.274. The molecule has 0 aliphatic heterocycles. The number of hydrazone groups is 1. The third-order valence-corrected chi connectivity index (χ3v) is 4.19. The molecule has 0 fully saturated rings. The molecular formula is C15H13BrF3N3O3S. The summed E-state index contributed by atoms with van der Waals surface area (Å²) in [4.78, 5) is 15.5. The van der Waals surface area contributed by atoms with Gasteiger partial charge in [-0.05, 0) is 40.5 Å². The molecule has 2 rings (SSSR count). The number of nitrogens with zero attached hydrogens (tertiary/aromatic N) is 2. The SMILES string of the molecule is CCOC(=O)Cc1csc(NN=Cc2ccc(Br)c(OC(F)(F)F)c2)n1. The van der Waals surface area contributed by atoms with Gasteiger partial charge in [-0.15, -0.1) is 24.5 Å². The summed E-state index contributed by atoms with van der Waals surface area (Å²) in [5.41, 5.74) is 3.58. The first-order valence-electron chi connectivity index (χ1n) is 7.21. The van der Waals surface area contributed by atoms with E-state index in [0.29, 0.717) is 23.0 Å². The minimum Gasteiger partial charge on any atom is -0.466 e. The van der Waals surface area contributed by atoms with Crippen molar-refractivity contribution in [3.05, 3.63) is 39.3 Å². The fourth-order valence-electron chi connectivity index (χ4n) is 1.76. The molecule has 0 radical (unpaired) electrons. The quantitative estimate of drug-likeness (QED) is 0.384. The van der Waals surface area contributed by atoms with Gasteiger partial charge in [0.25, 0.3) is 0 Å². The summed E-state index contributed by atoms with van der Waals surface area (Å²) in [7, 11) is 0. The van der Waals surface area contributed by atoms with Gasteiger partial charge in [-0.25, -0.2) is 4.98 Å². The zero-order valence-electron chi connectivity index (χ0n) is 13.3. The average molecular weight is 452 g/mol. The van der Waals surface area contributed by atoms with Crippen molar-refractivity contribution in [1.82, 2.24) is 4.98 Å². The van der Waals surface area contributed by atoms with Gasteiger partial charge < -0.3 is 9.47 Å². The number of alkyl halides is 3. The normalized spacial score (nSPS) is 11.6. The average Bonchev–Trinajstić information content (AvgIpc) is 2.96. The highest BCUT2D eigenvalue weighted by molar-refractivity contribution is 9.10. The van der Waals surface area contributed by atoms with Crippen molar-refractivity contribution in [3.8, 4) is 5.75 Å². The van der Waals surface area contributed by atoms with Crippen LogP contribution in [0.5, 0.6) is 5.75 Å². The standard InChI is InChI=1S/C15H13BrF3N3O3S/c1-2-24-13(23)6-10-8-26-14(21-10)22-20-7-9-3-4-11(16)12(5-9)25-15(17,18)19/h3-5,7-8H,2,6H2,1H3,(H,21,22). The number of aromatic nitrogens is 1. The molecule has 1 aromatic carbocycles. The van der Waals surface area contributed by atoms with Crippen molar-refractivity contribution in [2.45, 2.75) is 19.7 Å². The molecule has 0 unspecified atom stereocenters. The molecule has 0 atom stereocenters. The predicted octanol–water partition coefficient (Wildman–Crippen LogP) is 4.36. The Hall–Kier alpha value is -2.14. The van der Waals surface area contributed by atoms with Crippen LogP contribution in [0, 0.1) is 0 Å². The first-order valence-corrected chi connectivity index (χ1v) is 8.88. The Balaban J connectivity index is 1.97. The van der Waals surface area contributed by atoms with Crippen LogP contribution in [0.1, 0.15) is 18.2 Å². The van der Waals surface area contributed by atoms with E-state index < -0.39 is 6.36 Å². The van der Waals surface area contributed by atoms with Crippen LogP contribution in [-0.2, 0) is 16.0 Å². The molecule has 0 spiro atoms.